The molecule has 4 rings (SSSR count). The van der Waals surface area contributed by atoms with Crippen LogP contribution in [-0.2, 0) is 12.8 Å². The van der Waals surface area contributed by atoms with Gasteiger partial charge < -0.3 is 33.5 Å². The lowest BCUT2D eigenvalue weighted by Crippen LogP contribution is -2.09. The van der Waals surface area contributed by atoms with Crippen LogP contribution in [0.1, 0.15) is 67.6 Å². The van der Waals surface area contributed by atoms with E-state index in [1.54, 1.807) is 26.4 Å². The minimum absolute atomic E-state index is 0. The average molecular weight is 650 g/mol. The molecular formula is C30H45N6O8P. The van der Waals surface area contributed by atoms with Gasteiger partial charge in [0.05, 0.1) is 48.8 Å². The van der Waals surface area contributed by atoms with Crippen molar-refractivity contribution in [1.29, 1.82) is 0 Å². The predicted octanol–water partition coefficient (Wildman–Crippen LogP) is 6.80. The molecule has 2 aliphatic rings. The van der Waals surface area contributed by atoms with Crippen molar-refractivity contribution in [1.82, 2.24) is 0 Å². The summed E-state index contributed by atoms with van der Waals surface area (Å²) in [5.41, 5.74) is 20.1. The van der Waals surface area contributed by atoms with E-state index in [2.05, 4.69) is 29.3 Å². The van der Waals surface area contributed by atoms with Crippen LogP contribution in [0.2, 0.25) is 0 Å². The van der Waals surface area contributed by atoms with E-state index in [1.165, 1.54) is 28.4 Å². The summed E-state index contributed by atoms with van der Waals surface area (Å²) in [6.07, 6.45) is 2.31. The molecule has 45 heavy (non-hydrogen) atoms. The number of carbonyl (C=O) groups is 1. The Morgan fingerprint density at radius 3 is 1.80 bits per heavy atom. The molecule has 0 heterocycles. The Hall–Kier alpha value is -4.08. The lowest BCUT2D eigenvalue weighted by Gasteiger charge is -2.20. The van der Waals surface area contributed by atoms with Crippen LogP contribution < -0.4 is 28.4 Å². The number of rotatable bonds is 8. The SMILES string of the molecule is C.COc1cc2c(c(OC)c1OC)CC[C@@H](N=[N+]=[N-])CC2=O.COc1cc2c(c(OC)c1OC)CC[C@@H](N=[N+]=[N-])CC2O.[2H]CP. The van der Waals surface area contributed by atoms with Crippen molar-refractivity contribution in [2.24, 2.45) is 10.2 Å². The van der Waals surface area contributed by atoms with Crippen molar-refractivity contribution in [3.63, 3.8) is 0 Å². The summed E-state index contributed by atoms with van der Waals surface area (Å²) in [6.45, 7) is 0.417. The van der Waals surface area contributed by atoms with Gasteiger partial charge in [0.1, 0.15) is 0 Å². The second-order valence-electron chi connectivity index (χ2n) is 9.56. The number of nitrogens with zero attached hydrogens (tertiary/aromatic N) is 6. The van der Waals surface area contributed by atoms with E-state index in [-0.39, 0.29) is 31.7 Å². The Morgan fingerprint density at radius 1 is 0.822 bits per heavy atom. The van der Waals surface area contributed by atoms with Gasteiger partial charge >= 0.3 is 0 Å². The highest BCUT2D eigenvalue weighted by atomic mass is 31.0. The number of methoxy groups -OCH3 is 6. The van der Waals surface area contributed by atoms with Gasteiger partial charge in [0.25, 0.3) is 0 Å². The van der Waals surface area contributed by atoms with E-state index in [1.807, 2.05) is 0 Å². The van der Waals surface area contributed by atoms with Crippen LogP contribution in [0.3, 0.4) is 0 Å². The van der Waals surface area contributed by atoms with Gasteiger partial charge in [0.2, 0.25) is 11.5 Å². The molecule has 0 fully saturated rings. The molecular weight excluding hydrogens is 603 g/mol. The fraction of sp³-hybridized carbons (Fsp3) is 0.567. The first-order chi connectivity index (χ1) is 21.7. The van der Waals surface area contributed by atoms with Crippen LogP contribution in [0.15, 0.2) is 22.4 Å². The highest BCUT2D eigenvalue weighted by Gasteiger charge is 2.30. The highest BCUT2D eigenvalue weighted by molar-refractivity contribution is 7.15. The number of aliphatic hydroxyl groups excluding tert-OH is 1. The summed E-state index contributed by atoms with van der Waals surface area (Å²) < 4.78 is 38.3. The number of Topliss-reactive ketones (excluding diaryl/α,β-unsaturated/α-hetero) is 1. The molecule has 2 aromatic rings. The third-order valence-corrected chi connectivity index (χ3v) is 7.36. The molecule has 2 aromatic carbocycles. The van der Waals surface area contributed by atoms with Gasteiger partial charge in [-0.15, -0.1) is 9.24 Å². The highest BCUT2D eigenvalue weighted by Crippen LogP contribution is 2.47. The van der Waals surface area contributed by atoms with Crippen LogP contribution in [0.5, 0.6) is 34.5 Å². The molecule has 248 valence electrons. The van der Waals surface area contributed by atoms with E-state index in [0.29, 0.717) is 78.8 Å². The second-order valence-corrected chi connectivity index (χ2v) is 9.56. The summed E-state index contributed by atoms with van der Waals surface area (Å²) in [5.74, 6) is 2.91. The first-order valence-electron chi connectivity index (χ1n) is 14.4. The molecule has 0 bridgehead atoms. The minimum atomic E-state index is -0.730. The normalized spacial score (nSPS) is 18.2. The standard InChI is InChI=1S/C14H19N3O4.C14H17N3O4.CH5P.CH4/c2*1-19-12-7-10-9(13(20-2)14(12)21-3)5-4-8(16-17-15)6-11(10)18;1-2;/h7-8,11,18H,4-6H2,1-3H3;7-8H,4-6H2,1-3H3;2H2,1H3;1H4/t8-,11?;8-;;/m11../s1/i;;1D;. The largest absolute Gasteiger partial charge is 0.493 e. The number of fused-ring (bicyclic) bond motifs is 2. The second kappa shape index (κ2) is 19.3. The molecule has 1 N–H and O–H groups in total. The van der Waals surface area contributed by atoms with Crippen molar-refractivity contribution in [3.8, 4) is 34.5 Å². The molecule has 4 atom stereocenters. The summed E-state index contributed by atoms with van der Waals surface area (Å²) in [5, 5.41) is 17.8. The summed E-state index contributed by atoms with van der Waals surface area (Å²) in [4.78, 5) is 18.0. The first-order valence-corrected chi connectivity index (χ1v) is 14.5. The van der Waals surface area contributed by atoms with Crippen molar-refractivity contribution in [3.05, 3.63) is 55.3 Å². The van der Waals surface area contributed by atoms with Crippen LogP contribution in [0, 0.1) is 0 Å². The third kappa shape index (κ3) is 8.99. The fourth-order valence-corrected chi connectivity index (χ4v) is 5.40. The van der Waals surface area contributed by atoms with Gasteiger partial charge in [0.15, 0.2) is 28.8 Å². The van der Waals surface area contributed by atoms with Crippen LogP contribution in [0.25, 0.3) is 20.9 Å². The first kappa shape index (κ1) is 37.1. The molecule has 0 amide bonds. The number of hydrogen-bond donors (Lipinski definition) is 1. The van der Waals surface area contributed by atoms with E-state index in [4.69, 9.17) is 40.9 Å². The Balaban J connectivity index is 0.000000415. The van der Waals surface area contributed by atoms with Crippen LogP contribution in [-0.4, -0.2) is 72.3 Å². The number of benzene rings is 2. The summed E-state index contributed by atoms with van der Waals surface area (Å²) in [6, 6.07) is 2.85. The maximum Gasteiger partial charge on any atom is 0.203 e. The number of hydrogen-bond acceptors (Lipinski definition) is 10. The van der Waals surface area contributed by atoms with Crippen LogP contribution in [0.4, 0.5) is 0 Å². The Morgan fingerprint density at radius 2 is 1.29 bits per heavy atom. The zero-order valence-corrected chi connectivity index (χ0v) is 27.1. The van der Waals surface area contributed by atoms with Crippen LogP contribution >= 0.6 is 9.24 Å². The van der Waals surface area contributed by atoms with E-state index in [0.717, 1.165) is 16.7 Å². The van der Waals surface area contributed by atoms with Gasteiger partial charge in [-0.3, -0.25) is 4.79 Å². The lowest BCUT2D eigenvalue weighted by atomic mass is 9.98. The fourth-order valence-electron chi connectivity index (χ4n) is 5.40. The van der Waals surface area contributed by atoms with Gasteiger partial charge in [-0.1, -0.05) is 24.3 Å². The topological polar surface area (TPSA) is 190 Å². The molecule has 0 radical (unpaired) electrons. The number of aliphatic hydroxyl groups is 1. The zero-order chi connectivity index (χ0) is 33.5. The average Bonchev–Trinajstić information content (AvgIpc) is 3.30. The van der Waals surface area contributed by atoms with Crippen molar-refractivity contribution in [2.45, 2.75) is 64.1 Å². The van der Waals surface area contributed by atoms with E-state index < -0.39 is 6.10 Å². The minimum Gasteiger partial charge on any atom is -0.493 e. The Labute approximate surface area is 268 Å². The van der Waals surface area contributed by atoms with Crippen molar-refractivity contribution >= 4 is 15.0 Å². The Bertz CT molecular complexity index is 1420. The van der Waals surface area contributed by atoms with Gasteiger partial charge in [0, 0.05) is 46.4 Å². The molecule has 2 unspecified atom stereocenters. The molecule has 14 nitrogen and oxygen atoms in total. The molecule has 2 aliphatic carbocycles. The predicted molar refractivity (Wildman–Crippen MR) is 176 cm³/mol. The molecule has 0 aliphatic heterocycles. The number of azide groups is 2. The monoisotopic (exact) mass is 649 g/mol. The molecule has 0 saturated carbocycles. The smallest absolute Gasteiger partial charge is 0.203 e. The van der Waals surface area contributed by atoms with E-state index in [9.17, 15) is 9.90 Å². The van der Waals surface area contributed by atoms with Gasteiger partial charge in [-0.05, 0) is 60.9 Å². The summed E-state index contributed by atoms with van der Waals surface area (Å²) in [7, 11) is 11.4. The summed E-state index contributed by atoms with van der Waals surface area (Å²) >= 11 is 0. The third-order valence-electron chi connectivity index (χ3n) is 7.36. The van der Waals surface area contributed by atoms with Crippen molar-refractivity contribution < 1.29 is 39.7 Å². The van der Waals surface area contributed by atoms with Gasteiger partial charge in [-0.25, -0.2) is 0 Å². The zero-order valence-electron chi connectivity index (χ0n) is 26.9. The number of carbonyl (C=O) groups excluding carboxylic acids is 1. The number of ether oxygens (including phenoxy) is 6. The maximum absolute atomic E-state index is 12.4. The molecule has 0 aromatic heterocycles. The number of ketones is 1. The molecule has 0 spiro atoms. The van der Waals surface area contributed by atoms with Crippen molar-refractivity contribution in [2.75, 3.05) is 49.3 Å². The van der Waals surface area contributed by atoms with Gasteiger partial charge in [-0.2, -0.15) is 0 Å². The lowest BCUT2D eigenvalue weighted by molar-refractivity contribution is 0.0975. The molecule has 15 heteroatoms. The molecule has 0 saturated heterocycles. The Kier molecular flexibility index (Phi) is 15.9. The van der Waals surface area contributed by atoms with E-state index >= 15 is 0 Å². The quantitative estimate of drug-likeness (QED) is 0.106. The maximum atomic E-state index is 12.4.